The summed E-state index contributed by atoms with van der Waals surface area (Å²) in [6.45, 7) is 6.13. The van der Waals surface area contributed by atoms with Gasteiger partial charge in [0, 0.05) is 23.9 Å². The fraction of sp³-hybridized carbons (Fsp3) is 0.360. The lowest BCUT2D eigenvalue weighted by atomic mass is 10.2. The van der Waals surface area contributed by atoms with Crippen LogP contribution in [-0.4, -0.2) is 45.2 Å². The molecule has 3 N–H and O–H groups in total. The highest BCUT2D eigenvalue weighted by atomic mass is 16.5. The number of hydrogen-bond donors (Lipinski definition) is 3. The van der Waals surface area contributed by atoms with Gasteiger partial charge in [0.25, 0.3) is 0 Å². The second-order valence-electron chi connectivity index (χ2n) is 7.53. The van der Waals surface area contributed by atoms with Crippen molar-refractivity contribution in [3.8, 4) is 11.5 Å². The number of aromatic hydroxyl groups is 1. The van der Waals surface area contributed by atoms with Crippen LogP contribution in [0.4, 0.5) is 11.6 Å². The first-order valence-corrected chi connectivity index (χ1v) is 11.4. The SMILES string of the molecule is CCCCNc1ncnc2c(O)cccc12.CCCCNc1ncnc2c(OC)cccc12. The van der Waals surface area contributed by atoms with Crippen LogP contribution in [0.2, 0.25) is 0 Å². The van der Waals surface area contributed by atoms with E-state index in [0.717, 1.165) is 66.0 Å². The first kappa shape index (κ1) is 24.0. The molecule has 0 amide bonds. The topological polar surface area (TPSA) is 105 Å². The summed E-state index contributed by atoms with van der Waals surface area (Å²) in [5, 5.41) is 18.1. The maximum atomic E-state index is 9.65. The van der Waals surface area contributed by atoms with Crippen molar-refractivity contribution in [2.45, 2.75) is 39.5 Å². The van der Waals surface area contributed by atoms with Gasteiger partial charge in [0.2, 0.25) is 0 Å². The largest absolute Gasteiger partial charge is 0.506 e. The Morgan fingerprint density at radius 1 is 0.758 bits per heavy atom. The Bertz CT molecular complexity index is 1170. The lowest BCUT2D eigenvalue weighted by Gasteiger charge is -2.09. The summed E-state index contributed by atoms with van der Waals surface area (Å²) < 4.78 is 5.29. The number of aromatic nitrogens is 4. The number of ether oxygens (including phenoxy) is 1. The number of hydrogen-bond acceptors (Lipinski definition) is 8. The quantitative estimate of drug-likeness (QED) is 0.292. The molecule has 4 rings (SSSR count). The monoisotopic (exact) mass is 448 g/mol. The van der Waals surface area contributed by atoms with Crippen LogP contribution in [0.15, 0.2) is 49.1 Å². The molecule has 174 valence electrons. The summed E-state index contributed by atoms with van der Waals surface area (Å²) in [5.41, 5.74) is 1.44. The van der Waals surface area contributed by atoms with E-state index >= 15 is 0 Å². The van der Waals surface area contributed by atoms with Crippen molar-refractivity contribution < 1.29 is 9.84 Å². The molecule has 2 heterocycles. The van der Waals surface area contributed by atoms with Crippen LogP contribution >= 0.6 is 0 Å². The molecule has 33 heavy (non-hydrogen) atoms. The van der Waals surface area contributed by atoms with Crippen molar-refractivity contribution >= 4 is 33.4 Å². The third-order valence-electron chi connectivity index (χ3n) is 5.14. The van der Waals surface area contributed by atoms with Crippen LogP contribution < -0.4 is 15.4 Å². The van der Waals surface area contributed by atoms with Crippen molar-refractivity contribution in [3.05, 3.63) is 49.1 Å². The fourth-order valence-electron chi connectivity index (χ4n) is 3.35. The van der Waals surface area contributed by atoms with E-state index in [0.29, 0.717) is 5.52 Å². The number of nitrogens with one attached hydrogen (secondary N) is 2. The molecule has 0 unspecified atom stereocenters. The van der Waals surface area contributed by atoms with E-state index in [1.807, 2.05) is 24.3 Å². The average molecular weight is 449 g/mol. The van der Waals surface area contributed by atoms with E-state index in [2.05, 4.69) is 44.4 Å². The fourth-order valence-corrected chi connectivity index (χ4v) is 3.35. The van der Waals surface area contributed by atoms with E-state index in [1.165, 1.54) is 12.7 Å². The molecule has 8 heteroatoms. The van der Waals surface area contributed by atoms with Gasteiger partial charge < -0.3 is 20.5 Å². The molecule has 0 fully saturated rings. The van der Waals surface area contributed by atoms with E-state index in [4.69, 9.17) is 4.74 Å². The highest BCUT2D eigenvalue weighted by molar-refractivity contribution is 5.93. The average Bonchev–Trinajstić information content (AvgIpc) is 2.85. The van der Waals surface area contributed by atoms with Gasteiger partial charge in [0.15, 0.2) is 0 Å². The molecule has 0 bridgehead atoms. The van der Waals surface area contributed by atoms with Crippen LogP contribution in [-0.2, 0) is 0 Å². The van der Waals surface area contributed by atoms with Crippen molar-refractivity contribution in [2.75, 3.05) is 30.8 Å². The minimum atomic E-state index is 0.193. The van der Waals surface area contributed by atoms with Gasteiger partial charge in [0.05, 0.1) is 7.11 Å². The van der Waals surface area contributed by atoms with Crippen molar-refractivity contribution in [1.29, 1.82) is 0 Å². The molecule has 0 atom stereocenters. The molecule has 8 nitrogen and oxygen atoms in total. The third-order valence-corrected chi connectivity index (χ3v) is 5.14. The number of unbranched alkanes of at least 4 members (excludes halogenated alkanes) is 2. The maximum Gasteiger partial charge on any atom is 0.145 e. The number of phenolic OH excluding ortho intramolecular Hbond substituents is 1. The van der Waals surface area contributed by atoms with Gasteiger partial charge >= 0.3 is 0 Å². The second kappa shape index (κ2) is 12.4. The van der Waals surface area contributed by atoms with Crippen LogP contribution in [0.3, 0.4) is 0 Å². The Balaban J connectivity index is 0.000000186. The van der Waals surface area contributed by atoms with Gasteiger partial charge in [-0.15, -0.1) is 0 Å². The zero-order chi connectivity index (χ0) is 23.5. The minimum absolute atomic E-state index is 0.193. The summed E-state index contributed by atoms with van der Waals surface area (Å²) >= 11 is 0. The number of fused-ring (bicyclic) bond motifs is 2. The zero-order valence-corrected chi connectivity index (χ0v) is 19.5. The Hall–Kier alpha value is -3.68. The number of phenols is 1. The van der Waals surface area contributed by atoms with Crippen molar-refractivity contribution in [3.63, 3.8) is 0 Å². The molecular formula is C25H32N6O2. The van der Waals surface area contributed by atoms with Gasteiger partial charge in [-0.1, -0.05) is 38.8 Å². The van der Waals surface area contributed by atoms with E-state index in [1.54, 1.807) is 25.6 Å². The summed E-state index contributed by atoms with van der Waals surface area (Å²) in [5.74, 6) is 2.64. The Morgan fingerprint density at radius 2 is 1.30 bits per heavy atom. The zero-order valence-electron chi connectivity index (χ0n) is 19.5. The van der Waals surface area contributed by atoms with Crippen LogP contribution in [0.1, 0.15) is 39.5 Å². The third kappa shape index (κ3) is 6.19. The summed E-state index contributed by atoms with van der Waals surface area (Å²) in [4.78, 5) is 16.8. The number of para-hydroxylation sites is 2. The van der Waals surface area contributed by atoms with E-state index < -0.39 is 0 Å². The molecule has 0 saturated heterocycles. The van der Waals surface area contributed by atoms with Crippen LogP contribution in [0.5, 0.6) is 11.5 Å². The van der Waals surface area contributed by atoms with Gasteiger partial charge in [-0.25, -0.2) is 19.9 Å². The number of rotatable bonds is 9. The second-order valence-corrected chi connectivity index (χ2v) is 7.53. The first-order chi connectivity index (χ1) is 16.2. The molecule has 2 aromatic heterocycles. The first-order valence-electron chi connectivity index (χ1n) is 11.4. The van der Waals surface area contributed by atoms with Gasteiger partial charge in [0.1, 0.15) is 46.8 Å². The highest BCUT2D eigenvalue weighted by Gasteiger charge is 2.07. The molecule has 2 aromatic carbocycles. The Labute approximate surface area is 194 Å². The summed E-state index contributed by atoms with van der Waals surface area (Å²) in [6.07, 6.45) is 7.58. The normalized spacial score (nSPS) is 10.5. The molecular weight excluding hydrogens is 416 g/mol. The molecule has 0 aliphatic carbocycles. The van der Waals surface area contributed by atoms with E-state index in [9.17, 15) is 5.11 Å². The van der Waals surface area contributed by atoms with E-state index in [-0.39, 0.29) is 5.75 Å². The van der Waals surface area contributed by atoms with Gasteiger partial charge in [-0.05, 0) is 37.1 Å². The number of benzene rings is 2. The number of nitrogens with zero attached hydrogens (tertiary/aromatic N) is 4. The lowest BCUT2D eigenvalue weighted by Crippen LogP contribution is -2.04. The van der Waals surface area contributed by atoms with Crippen molar-refractivity contribution in [2.24, 2.45) is 0 Å². The smallest absolute Gasteiger partial charge is 0.145 e. The number of methoxy groups -OCH3 is 1. The number of anilines is 2. The standard InChI is InChI=1S/C13H17N3O.C12H15N3O/c1-3-4-8-14-13-10-6-5-7-11(17-2)12(10)15-9-16-13;1-2-3-7-13-12-9-5-4-6-10(16)11(9)14-8-15-12/h5-7,9H,3-4,8H2,1-2H3,(H,14,15,16);4-6,8,16H,2-3,7H2,1H3,(H,13,14,15). The molecule has 0 saturated carbocycles. The minimum Gasteiger partial charge on any atom is -0.506 e. The Kier molecular flexibility index (Phi) is 8.99. The van der Waals surface area contributed by atoms with Crippen molar-refractivity contribution in [1.82, 2.24) is 19.9 Å². The molecule has 0 spiro atoms. The van der Waals surface area contributed by atoms with Gasteiger partial charge in [-0.3, -0.25) is 0 Å². The van der Waals surface area contributed by atoms with Crippen LogP contribution in [0, 0.1) is 0 Å². The lowest BCUT2D eigenvalue weighted by molar-refractivity contribution is 0.419. The van der Waals surface area contributed by atoms with Gasteiger partial charge in [-0.2, -0.15) is 0 Å². The maximum absolute atomic E-state index is 9.65. The molecule has 0 radical (unpaired) electrons. The highest BCUT2D eigenvalue weighted by Crippen LogP contribution is 2.27. The molecule has 0 aliphatic rings. The predicted octanol–water partition coefficient (Wildman–Crippen LogP) is 5.40. The Morgan fingerprint density at radius 3 is 1.88 bits per heavy atom. The molecule has 4 aromatic rings. The summed E-state index contributed by atoms with van der Waals surface area (Å²) in [6, 6.07) is 11.2. The van der Waals surface area contributed by atoms with Crippen LogP contribution in [0.25, 0.3) is 21.8 Å². The predicted molar refractivity (Wildman–Crippen MR) is 134 cm³/mol. The summed E-state index contributed by atoms with van der Waals surface area (Å²) in [7, 11) is 1.65. The molecule has 0 aliphatic heterocycles.